The van der Waals surface area contributed by atoms with Crippen molar-refractivity contribution in [1.29, 1.82) is 0 Å². The summed E-state index contributed by atoms with van der Waals surface area (Å²) in [6.07, 6.45) is 6.20. The van der Waals surface area contributed by atoms with Crippen molar-refractivity contribution in [2.45, 2.75) is 32.2 Å². The minimum absolute atomic E-state index is 0.0222. The van der Waals surface area contributed by atoms with Crippen molar-refractivity contribution in [2.75, 3.05) is 17.2 Å². The quantitative estimate of drug-likeness (QED) is 0.703. The standard InChI is InChI=1S/C16H21N3O2/c1-2-3-6-15(20)18-12-7-9-13(10-8-12)19-16(21)14-5-4-11-17-14/h4-5,7-10,14,17H,2-3,6,11H2,1H3,(H,18,20)(H,19,21)/t14-/m0/s1. The van der Waals surface area contributed by atoms with Crippen LogP contribution in [0.4, 0.5) is 11.4 Å². The van der Waals surface area contributed by atoms with Crippen molar-refractivity contribution in [3.8, 4) is 0 Å². The van der Waals surface area contributed by atoms with Gasteiger partial charge in [-0.1, -0.05) is 25.5 Å². The summed E-state index contributed by atoms with van der Waals surface area (Å²) in [4.78, 5) is 23.5. The molecule has 0 spiro atoms. The molecule has 5 nitrogen and oxygen atoms in total. The van der Waals surface area contributed by atoms with Crippen molar-refractivity contribution in [2.24, 2.45) is 0 Å². The van der Waals surface area contributed by atoms with E-state index in [4.69, 9.17) is 0 Å². The third-order valence-corrected chi connectivity index (χ3v) is 3.26. The maximum Gasteiger partial charge on any atom is 0.245 e. The van der Waals surface area contributed by atoms with Gasteiger partial charge < -0.3 is 10.6 Å². The second-order valence-corrected chi connectivity index (χ2v) is 5.03. The molecule has 1 heterocycles. The van der Waals surface area contributed by atoms with E-state index in [1.807, 2.05) is 12.2 Å². The lowest BCUT2D eigenvalue weighted by Gasteiger charge is -2.11. The Morgan fingerprint density at radius 1 is 1.19 bits per heavy atom. The van der Waals surface area contributed by atoms with E-state index in [1.54, 1.807) is 24.3 Å². The van der Waals surface area contributed by atoms with Gasteiger partial charge in [-0.2, -0.15) is 0 Å². The van der Waals surface area contributed by atoms with Gasteiger partial charge >= 0.3 is 0 Å². The number of benzene rings is 1. The Kier molecular flexibility index (Phi) is 5.51. The molecule has 1 aromatic rings. The predicted molar refractivity (Wildman–Crippen MR) is 84.2 cm³/mol. The molecule has 0 fully saturated rings. The molecule has 3 N–H and O–H groups in total. The van der Waals surface area contributed by atoms with Crippen LogP contribution in [0.1, 0.15) is 26.2 Å². The number of hydrogen-bond acceptors (Lipinski definition) is 3. The van der Waals surface area contributed by atoms with Gasteiger partial charge in [0.25, 0.3) is 0 Å². The third-order valence-electron chi connectivity index (χ3n) is 3.26. The molecule has 1 aliphatic rings. The fourth-order valence-corrected chi connectivity index (χ4v) is 2.06. The molecule has 0 saturated heterocycles. The molecule has 0 aliphatic carbocycles. The third kappa shape index (κ3) is 4.72. The Bertz CT molecular complexity index is 523. The Morgan fingerprint density at radius 3 is 2.43 bits per heavy atom. The number of nitrogens with one attached hydrogen (secondary N) is 3. The van der Waals surface area contributed by atoms with Gasteiger partial charge in [0, 0.05) is 24.3 Å². The van der Waals surface area contributed by atoms with E-state index in [2.05, 4.69) is 22.9 Å². The van der Waals surface area contributed by atoms with Crippen LogP contribution < -0.4 is 16.0 Å². The summed E-state index contributed by atoms with van der Waals surface area (Å²) in [7, 11) is 0. The molecule has 0 unspecified atom stereocenters. The first-order valence-electron chi connectivity index (χ1n) is 7.30. The summed E-state index contributed by atoms with van der Waals surface area (Å²) in [5.41, 5.74) is 1.46. The Hall–Kier alpha value is -2.14. The maximum atomic E-state index is 11.9. The lowest BCUT2D eigenvalue weighted by Crippen LogP contribution is -2.35. The van der Waals surface area contributed by atoms with Crippen LogP contribution in [-0.4, -0.2) is 24.4 Å². The zero-order valence-electron chi connectivity index (χ0n) is 12.2. The van der Waals surface area contributed by atoms with Gasteiger partial charge in [-0.3, -0.25) is 14.9 Å². The molecule has 21 heavy (non-hydrogen) atoms. The first-order valence-corrected chi connectivity index (χ1v) is 7.30. The van der Waals surface area contributed by atoms with Crippen LogP contribution in [0.15, 0.2) is 36.4 Å². The second-order valence-electron chi connectivity index (χ2n) is 5.03. The number of carbonyl (C=O) groups excluding carboxylic acids is 2. The number of anilines is 2. The molecule has 0 radical (unpaired) electrons. The van der Waals surface area contributed by atoms with E-state index < -0.39 is 0 Å². The minimum Gasteiger partial charge on any atom is -0.326 e. The highest BCUT2D eigenvalue weighted by atomic mass is 16.2. The smallest absolute Gasteiger partial charge is 0.245 e. The fraction of sp³-hybridized carbons (Fsp3) is 0.375. The van der Waals surface area contributed by atoms with Gasteiger partial charge in [-0.25, -0.2) is 0 Å². The van der Waals surface area contributed by atoms with Crippen molar-refractivity contribution < 1.29 is 9.59 Å². The monoisotopic (exact) mass is 287 g/mol. The molecule has 0 aromatic heterocycles. The summed E-state index contributed by atoms with van der Waals surface area (Å²) >= 11 is 0. The SMILES string of the molecule is CCCCC(=O)Nc1ccc(NC(=O)[C@@H]2C=CCN2)cc1. The highest BCUT2D eigenvalue weighted by molar-refractivity contribution is 5.97. The molecular formula is C16H21N3O2. The van der Waals surface area contributed by atoms with E-state index in [1.165, 1.54) is 0 Å². The molecular weight excluding hydrogens is 266 g/mol. The van der Waals surface area contributed by atoms with E-state index >= 15 is 0 Å². The van der Waals surface area contributed by atoms with Crippen LogP contribution in [-0.2, 0) is 9.59 Å². The van der Waals surface area contributed by atoms with Crippen LogP contribution >= 0.6 is 0 Å². The number of rotatable bonds is 6. The minimum atomic E-state index is -0.265. The summed E-state index contributed by atoms with van der Waals surface area (Å²) in [5.74, 6) is -0.0580. The lowest BCUT2D eigenvalue weighted by molar-refractivity contribution is -0.117. The Morgan fingerprint density at radius 2 is 1.86 bits per heavy atom. The first kappa shape index (κ1) is 15.3. The number of carbonyl (C=O) groups is 2. The lowest BCUT2D eigenvalue weighted by atomic mass is 10.2. The van der Waals surface area contributed by atoms with E-state index in [0.717, 1.165) is 25.1 Å². The summed E-state index contributed by atoms with van der Waals surface area (Å²) in [6, 6.07) is 6.88. The molecule has 1 aromatic carbocycles. The van der Waals surface area contributed by atoms with E-state index in [9.17, 15) is 9.59 Å². The number of amides is 2. The van der Waals surface area contributed by atoms with Crippen molar-refractivity contribution in [1.82, 2.24) is 5.32 Å². The second kappa shape index (κ2) is 7.59. The van der Waals surface area contributed by atoms with Crippen LogP contribution in [0.2, 0.25) is 0 Å². The average molecular weight is 287 g/mol. The van der Waals surface area contributed by atoms with E-state index in [-0.39, 0.29) is 17.9 Å². The predicted octanol–water partition coefficient (Wildman–Crippen LogP) is 2.28. The maximum absolute atomic E-state index is 11.9. The van der Waals surface area contributed by atoms with Gasteiger partial charge in [0.15, 0.2) is 0 Å². The van der Waals surface area contributed by atoms with Crippen LogP contribution in [0.5, 0.6) is 0 Å². The average Bonchev–Trinajstić information content (AvgIpc) is 3.01. The molecule has 0 bridgehead atoms. The van der Waals surface area contributed by atoms with Gasteiger partial charge in [-0.15, -0.1) is 0 Å². The fourth-order valence-electron chi connectivity index (χ4n) is 2.06. The molecule has 1 aliphatic heterocycles. The summed E-state index contributed by atoms with van der Waals surface area (Å²) in [5, 5.41) is 8.72. The Balaban J connectivity index is 1.85. The first-order chi connectivity index (χ1) is 10.2. The largest absolute Gasteiger partial charge is 0.326 e. The molecule has 2 amide bonds. The van der Waals surface area contributed by atoms with Crippen LogP contribution in [0.25, 0.3) is 0 Å². The molecule has 112 valence electrons. The highest BCUT2D eigenvalue weighted by Gasteiger charge is 2.17. The van der Waals surface area contributed by atoms with Crippen molar-refractivity contribution >= 4 is 23.2 Å². The number of unbranched alkanes of at least 4 members (excludes halogenated alkanes) is 1. The molecule has 5 heteroatoms. The van der Waals surface area contributed by atoms with Crippen LogP contribution in [0, 0.1) is 0 Å². The van der Waals surface area contributed by atoms with Crippen molar-refractivity contribution in [3.05, 3.63) is 36.4 Å². The zero-order chi connectivity index (χ0) is 15.1. The van der Waals surface area contributed by atoms with Gasteiger partial charge in [-0.05, 0) is 30.7 Å². The van der Waals surface area contributed by atoms with Crippen molar-refractivity contribution in [3.63, 3.8) is 0 Å². The van der Waals surface area contributed by atoms with Gasteiger partial charge in [0.1, 0.15) is 6.04 Å². The topological polar surface area (TPSA) is 70.2 Å². The molecule has 2 rings (SSSR count). The van der Waals surface area contributed by atoms with E-state index in [0.29, 0.717) is 12.1 Å². The zero-order valence-corrected chi connectivity index (χ0v) is 12.2. The molecule has 1 atom stereocenters. The normalized spacial score (nSPS) is 16.7. The summed E-state index contributed by atoms with van der Waals surface area (Å²) in [6.45, 7) is 2.78. The number of hydrogen-bond donors (Lipinski definition) is 3. The van der Waals surface area contributed by atoms with Gasteiger partial charge in [0.2, 0.25) is 11.8 Å². The summed E-state index contributed by atoms with van der Waals surface area (Å²) < 4.78 is 0. The van der Waals surface area contributed by atoms with Crippen LogP contribution in [0.3, 0.4) is 0 Å². The molecule has 0 saturated carbocycles. The van der Waals surface area contributed by atoms with Gasteiger partial charge in [0.05, 0.1) is 0 Å². The Labute approximate surface area is 124 Å². The highest BCUT2D eigenvalue weighted by Crippen LogP contribution is 2.14.